The van der Waals surface area contributed by atoms with Gasteiger partial charge in [0.05, 0.1) is 0 Å². The van der Waals surface area contributed by atoms with Crippen molar-refractivity contribution < 1.29 is 0 Å². The molecule has 0 N–H and O–H groups in total. The average molecular weight is 266 g/mol. The summed E-state index contributed by atoms with van der Waals surface area (Å²) >= 11 is 6.45. The van der Waals surface area contributed by atoms with Gasteiger partial charge in [0.25, 0.3) is 0 Å². The zero-order valence-corrected chi connectivity index (χ0v) is 12.3. The molecule has 0 radical (unpaired) electrons. The highest BCUT2D eigenvalue weighted by Gasteiger charge is 2.15. The number of nitrogens with zero attached hydrogens (tertiary/aromatic N) is 3. The molecule has 0 aliphatic rings. The minimum atomic E-state index is 0.394. The Balaban J connectivity index is 2.52. The van der Waals surface area contributed by atoms with Crippen LogP contribution in [0.5, 0.6) is 0 Å². The van der Waals surface area contributed by atoms with Gasteiger partial charge in [-0.1, -0.05) is 38.8 Å². The van der Waals surface area contributed by atoms with Crippen molar-refractivity contribution in [3.63, 3.8) is 0 Å². The van der Waals surface area contributed by atoms with Gasteiger partial charge in [0.1, 0.15) is 5.15 Å². The minimum absolute atomic E-state index is 0.394. The summed E-state index contributed by atoms with van der Waals surface area (Å²) in [6.07, 6.45) is 3.19. The number of hydrogen-bond donors (Lipinski definition) is 0. The van der Waals surface area contributed by atoms with Crippen molar-refractivity contribution in [3.05, 3.63) is 28.2 Å². The third-order valence-corrected chi connectivity index (χ3v) is 3.55. The molecule has 2 aromatic rings. The van der Waals surface area contributed by atoms with E-state index in [1.807, 2.05) is 0 Å². The van der Waals surface area contributed by atoms with Gasteiger partial charge in [-0.15, -0.1) is 5.10 Å². The Morgan fingerprint density at radius 3 is 2.72 bits per heavy atom. The van der Waals surface area contributed by atoms with Gasteiger partial charge in [-0.25, -0.2) is 9.50 Å². The van der Waals surface area contributed by atoms with Gasteiger partial charge in [0.2, 0.25) is 0 Å². The lowest BCUT2D eigenvalue weighted by Crippen LogP contribution is -2.01. The fraction of sp³-hybridized carbons (Fsp3) is 0.571. The molecule has 0 aromatic carbocycles. The van der Waals surface area contributed by atoms with E-state index >= 15 is 0 Å². The number of unbranched alkanes of at least 4 members (excludes halogenated alkanes) is 1. The Bertz CT molecular complexity index is 558. The Morgan fingerprint density at radius 2 is 2.11 bits per heavy atom. The molecule has 0 saturated carbocycles. The summed E-state index contributed by atoms with van der Waals surface area (Å²) in [6, 6.07) is 2.07. The van der Waals surface area contributed by atoms with Crippen LogP contribution in [0, 0.1) is 6.92 Å². The SMILES string of the molecule is CCCCc1nc2cc(C)c(C(C)C)c(Cl)n2n1. The first-order valence-corrected chi connectivity index (χ1v) is 6.97. The van der Waals surface area contributed by atoms with Gasteiger partial charge in [-0.3, -0.25) is 0 Å². The molecule has 0 saturated heterocycles. The fourth-order valence-corrected chi connectivity index (χ4v) is 2.78. The number of hydrogen-bond acceptors (Lipinski definition) is 2. The van der Waals surface area contributed by atoms with Crippen molar-refractivity contribution in [3.8, 4) is 0 Å². The predicted octanol–water partition coefficient (Wildman–Crippen LogP) is 4.16. The first kappa shape index (κ1) is 13.3. The molecule has 0 fully saturated rings. The number of aromatic nitrogens is 3. The van der Waals surface area contributed by atoms with Crippen LogP contribution in [0.2, 0.25) is 5.15 Å². The van der Waals surface area contributed by atoms with Gasteiger partial charge < -0.3 is 0 Å². The van der Waals surface area contributed by atoms with Crippen molar-refractivity contribution in [2.24, 2.45) is 0 Å². The summed E-state index contributed by atoms with van der Waals surface area (Å²) in [5.74, 6) is 1.28. The molecule has 0 aliphatic heterocycles. The van der Waals surface area contributed by atoms with Crippen LogP contribution in [0.3, 0.4) is 0 Å². The lowest BCUT2D eigenvalue weighted by Gasteiger charge is -2.12. The van der Waals surface area contributed by atoms with E-state index in [-0.39, 0.29) is 0 Å². The molecule has 0 amide bonds. The van der Waals surface area contributed by atoms with E-state index in [9.17, 15) is 0 Å². The van der Waals surface area contributed by atoms with Crippen LogP contribution >= 0.6 is 11.6 Å². The lowest BCUT2D eigenvalue weighted by molar-refractivity contribution is 0.745. The van der Waals surface area contributed by atoms with Gasteiger partial charge in [-0.05, 0) is 36.5 Å². The summed E-state index contributed by atoms with van der Waals surface area (Å²) in [5.41, 5.74) is 3.21. The largest absolute Gasteiger partial charge is 0.212 e. The number of fused-ring (bicyclic) bond motifs is 1. The molecular formula is C14H20ClN3. The molecule has 2 heterocycles. The van der Waals surface area contributed by atoms with Crippen LogP contribution in [0.1, 0.15) is 56.5 Å². The van der Waals surface area contributed by atoms with E-state index in [1.165, 1.54) is 5.56 Å². The molecule has 98 valence electrons. The summed E-state index contributed by atoms with van der Waals surface area (Å²) in [4.78, 5) is 4.54. The second-order valence-electron chi connectivity index (χ2n) is 5.09. The number of halogens is 1. The zero-order chi connectivity index (χ0) is 13.3. The van der Waals surface area contributed by atoms with Crippen LogP contribution in [-0.2, 0) is 6.42 Å². The molecule has 3 nitrogen and oxygen atoms in total. The van der Waals surface area contributed by atoms with Crippen molar-refractivity contribution in [2.45, 2.75) is 52.9 Å². The zero-order valence-electron chi connectivity index (χ0n) is 11.5. The molecule has 2 rings (SSSR count). The summed E-state index contributed by atoms with van der Waals surface area (Å²) in [5, 5.41) is 5.21. The number of rotatable bonds is 4. The second kappa shape index (κ2) is 5.27. The van der Waals surface area contributed by atoms with Crippen molar-refractivity contribution in [1.82, 2.24) is 14.6 Å². The van der Waals surface area contributed by atoms with E-state index in [0.29, 0.717) is 11.1 Å². The number of pyridine rings is 1. The molecular weight excluding hydrogens is 246 g/mol. The van der Waals surface area contributed by atoms with Gasteiger partial charge in [0, 0.05) is 6.42 Å². The van der Waals surface area contributed by atoms with E-state index < -0.39 is 0 Å². The maximum Gasteiger partial charge on any atom is 0.157 e. The normalized spacial score (nSPS) is 11.7. The Labute approximate surface area is 113 Å². The average Bonchev–Trinajstić information content (AvgIpc) is 2.69. The molecule has 0 bridgehead atoms. The molecule has 0 atom stereocenters. The molecule has 4 heteroatoms. The van der Waals surface area contributed by atoms with Crippen molar-refractivity contribution in [1.29, 1.82) is 0 Å². The van der Waals surface area contributed by atoms with Crippen LogP contribution in [0.15, 0.2) is 6.07 Å². The maximum atomic E-state index is 6.45. The summed E-state index contributed by atoms with van der Waals surface area (Å²) < 4.78 is 1.77. The van der Waals surface area contributed by atoms with Crippen LogP contribution in [0.4, 0.5) is 0 Å². The minimum Gasteiger partial charge on any atom is -0.212 e. The molecule has 0 spiro atoms. The van der Waals surface area contributed by atoms with Crippen LogP contribution in [-0.4, -0.2) is 14.6 Å². The quantitative estimate of drug-likeness (QED) is 0.777. The van der Waals surface area contributed by atoms with Gasteiger partial charge in [0.15, 0.2) is 11.5 Å². The lowest BCUT2D eigenvalue weighted by atomic mass is 10.0. The molecule has 0 unspecified atom stereocenters. The molecule has 18 heavy (non-hydrogen) atoms. The van der Waals surface area contributed by atoms with E-state index in [4.69, 9.17) is 11.6 Å². The fourth-order valence-electron chi connectivity index (χ4n) is 2.29. The highest BCUT2D eigenvalue weighted by molar-refractivity contribution is 6.30. The highest BCUT2D eigenvalue weighted by atomic mass is 35.5. The first-order valence-electron chi connectivity index (χ1n) is 6.59. The van der Waals surface area contributed by atoms with Crippen molar-refractivity contribution in [2.75, 3.05) is 0 Å². The standard InChI is InChI=1S/C14H20ClN3/c1-5-6-7-11-16-12-8-10(4)13(9(2)3)14(15)18(12)17-11/h8-9H,5-7H2,1-4H3. The Morgan fingerprint density at radius 1 is 1.39 bits per heavy atom. The van der Waals surface area contributed by atoms with Gasteiger partial charge >= 0.3 is 0 Å². The molecule has 0 aliphatic carbocycles. The monoisotopic (exact) mass is 265 g/mol. The Hall–Kier alpha value is -1.09. The second-order valence-corrected chi connectivity index (χ2v) is 5.45. The first-order chi connectivity index (χ1) is 8.54. The van der Waals surface area contributed by atoms with E-state index in [1.54, 1.807) is 4.52 Å². The van der Waals surface area contributed by atoms with E-state index in [2.05, 4.69) is 43.8 Å². The Kier molecular flexibility index (Phi) is 3.91. The predicted molar refractivity (Wildman–Crippen MR) is 75.4 cm³/mol. The third-order valence-electron chi connectivity index (χ3n) is 3.19. The smallest absolute Gasteiger partial charge is 0.157 e. The van der Waals surface area contributed by atoms with Crippen LogP contribution < -0.4 is 0 Å². The highest BCUT2D eigenvalue weighted by Crippen LogP contribution is 2.28. The summed E-state index contributed by atoms with van der Waals surface area (Å²) in [7, 11) is 0. The summed E-state index contributed by atoms with van der Waals surface area (Å²) in [6.45, 7) is 8.55. The maximum absolute atomic E-state index is 6.45. The van der Waals surface area contributed by atoms with Crippen molar-refractivity contribution >= 4 is 17.2 Å². The third kappa shape index (κ3) is 2.37. The molecule has 2 aromatic heterocycles. The van der Waals surface area contributed by atoms with E-state index in [0.717, 1.165) is 36.3 Å². The van der Waals surface area contributed by atoms with Gasteiger partial charge in [-0.2, -0.15) is 0 Å². The topological polar surface area (TPSA) is 30.2 Å². The number of aryl methyl sites for hydroxylation is 2. The van der Waals surface area contributed by atoms with Crippen LogP contribution in [0.25, 0.3) is 5.65 Å².